The van der Waals surface area contributed by atoms with E-state index in [9.17, 15) is 0 Å². The minimum atomic E-state index is 0.814. The van der Waals surface area contributed by atoms with Crippen molar-refractivity contribution in [2.75, 3.05) is 7.05 Å². The maximum Gasteiger partial charge on any atom is 0.00666 e. The molecule has 1 fully saturated rings. The van der Waals surface area contributed by atoms with E-state index < -0.39 is 0 Å². The molecule has 0 aromatic heterocycles. The maximum atomic E-state index is 3.33. The van der Waals surface area contributed by atoms with Gasteiger partial charge in [0.2, 0.25) is 0 Å². The van der Waals surface area contributed by atoms with Gasteiger partial charge in [-0.05, 0) is 25.8 Å². The zero-order valence-corrected chi connectivity index (χ0v) is 6.48. The maximum absolute atomic E-state index is 3.33. The van der Waals surface area contributed by atoms with Crippen LogP contribution in [-0.2, 0) is 0 Å². The molecule has 54 valence electrons. The molecule has 1 rings (SSSR count). The lowest BCUT2D eigenvalue weighted by Crippen LogP contribution is -2.30. The van der Waals surface area contributed by atoms with Crippen LogP contribution < -0.4 is 5.32 Å². The van der Waals surface area contributed by atoms with E-state index in [0.29, 0.717) is 0 Å². The molecule has 0 radical (unpaired) electrons. The first-order chi connectivity index (χ1) is 4.33. The van der Waals surface area contributed by atoms with Crippen LogP contribution in [-0.4, -0.2) is 13.1 Å². The van der Waals surface area contributed by atoms with Gasteiger partial charge in [-0.15, -0.1) is 0 Å². The van der Waals surface area contributed by atoms with E-state index in [4.69, 9.17) is 0 Å². The zero-order valence-electron chi connectivity index (χ0n) is 6.48. The second-order valence-corrected chi connectivity index (χ2v) is 3.26. The second-order valence-electron chi connectivity index (χ2n) is 3.26. The summed E-state index contributed by atoms with van der Waals surface area (Å²) in [5, 5.41) is 3.33. The normalized spacial score (nSPS) is 36.7. The van der Waals surface area contributed by atoms with Crippen molar-refractivity contribution in [1.82, 2.24) is 5.32 Å². The quantitative estimate of drug-likeness (QED) is 0.566. The summed E-state index contributed by atoms with van der Waals surface area (Å²) in [6.45, 7) is 2.35. The van der Waals surface area contributed by atoms with Gasteiger partial charge in [-0.2, -0.15) is 0 Å². The van der Waals surface area contributed by atoms with Gasteiger partial charge in [-0.1, -0.05) is 19.8 Å². The Morgan fingerprint density at radius 2 is 2.11 bits per heavy atom. The molecule has 0 spiro atoms. The summed E-state index contributed by atoms with van der Waals surface area (Å²) in [5.74, 6) is 0.955. The largest absolute Gasteiger partial charge is 0.317 e. The van der Waals surface area contributed by atoms with Gasteiger partial charge in [0, 0.05) is 6.04 Å². The Morgan fingerprint density at radius 3 is 2.56 bits per heavy atom. The third-order valence-corrected chi connectivity index (χ3v) is 2.34. The number of rotatable bonds is 1. The average Bonchev–Trinajstić information content (AvgIpc) is 1.88. The van der Waals surface area contributed by atoms with Crippen LogP contribution in [0.4, 0.5) is 0 Å². The van der Waals surface area contributed by atoms with E-state index in [-0.39, 0.29) is 0 Å². The van der Waals surface area contributed by atoms with E-state index in [1.807, 2.05) is 0 Å². The first kappa shape index (κ1) is 7.07. The van der Waals surface area contributed by atoms with Crippen LogP contribution in [0, 0.1) is 5.92 Å². The van der Waals surface area contributed by atoms with Gasteiger partial charge >= 0.3 is 0 Å². The summed E-state index contributed by atoms with van der Waals surface area (Å²) >= 11 is 0. The predicted octanol–water partition coefficient (Wildman–Crippen LogP) is 1.78. The highest BCUT2D eigenvalue weighted by atomic mass is 14.9. The van der Waals surface area contributed by atoms with Crippen molar-refractivity contribution < 1.29 is 0 Å². The lowest BCUT2D eigenvalue weighted by Gasteiger charge is -2.25. The van der Waals surface area contributed by atoms with Crippen LogP contribution in [0.2, 0.25) is 0 Å². The molecule has 0 heterocycles. The van der Waals surface area contributed by atoms with Crippen molar-refractivity contribution in [2.45, 2.75) is 38.6 Å². The van der Waals surface area contributed by atoms with E-state index in [1.54, 1.807) is 0 Å². The fourth-order valence-corrected chi connectivity index (χ4v) is 1.70. The highest BCUT2D eigenvalue weighted by Crippen LogP contribution is 2.22. The molecule has 0 aromatic rings. The molecular formula is C8H17N. The minimum Gasteiger partial charge on any atom is -0.317 e. The monoisotopic (exact) mass is 127 g/mol. The Hall–Kier alpha value is -0.0400. The molecule has 0 amide bonds. The summed E-state index contributed by atoms with van der Waals surface area (Å²) in [4.78, 5) is 0. The van der Waals surface area contributed by atoms with Gasteiger partial charge < -0.3 is 5.32 Å². The molecule has 1 N–H and O–H groups in total. The van der Waals surface area contributed by atoms with E-state index in [1.165, 1.54) is 25.7 Å². The molecule has 1 heteroatoms. The Kier molecular flexibility index (Phi) is 2.52. The smallest absolute Gasteiger partial charge is 0.00666 e. The van der Waals surface area contributed by atoms with Crippen LogP contribution in [0.25, 0.3) is 0 Å². The van der Waals surface area contributed by atoms with Crippen molar-refractivity contribution in [2.24, 2.45) is 5.92 Å². The molecule has 1 nitrogen and oxygen atoms in total. The number of nitrogens with one attached hydrogen (secondary N) is 1. The standard InChI is InChI=1S/C8H17N/c1-7-4-3-5-8(6-7)9-2/h7-9H,3-6H2,1-2H3/t7-,8?/m0/s1. The fraction of sp³-hybridized carbons (Fsp3) is 1.00. The van der Waals surface area contributed by atoms with Gasteiger partial charge in [0.1, 0.15) is 0 Å². The van der Waals surface area contributed by atoms with E-state index >= 15 is 0 Å². The summed E-state index contributed by atoms with van der Waals surface area (Å²) in [7, 11) is 2.07. The van der Waals surface area contributed by atoms with Crippen LogP contribution in [0.3, 0.4) is 0 Å². The first-order valence-corrected chi connectivity index (χ1v) is 4.00. The molecule has 0 saturated heterocycles. The minimum absolute atomic E-state index is 0.814. The van der Waals surface area contributed by atoms with Crippen LogP contribution in [0.15, 0.2) is 0 Å². The Bertz CT molecular complexity index is 80.6. The van der Waals surface area contributed by atoms with Crippen molar-refractivity contribution in [3.8, 4) is 0 Å². The Labute approximate surface area is 57.8 Å². The number of hydrogen-bond donors (Lipinski definition) is 1. The van der Waals surface area contributed by atoms with Gasteiger partial charge in [-0.25, -0.2) is 0 Å². The van der Waals surface area contributed by atoms with E-state index in [0.717, 1.165) is 12.0 Å². The van der Waals surface area contributed by atoms with Crippen molar-refractivity contribution in [1.29, 1.82) is 0 Å². The molecule has 1 saturated carbocycles. The van der Waals surface area contributed by atoms with Crippen molar-refractivity contribution >= 4 is 0 Å². The molecule has 2 atom stereocenters. The molecular weight excluding hydrogens is 110 g/mol. The third-order valence-electron chi connectivity index (χ3n) is 2.34. The van der Waals surface area contributed by atoms with Crippen LogP contribution >= 0.6 is 0 Å². The number of hydrogen-bond acceptors (Lipinski definition) is 1. The molecule has 1 aliphatic carbocycles. The highest BCUT2D eigenvalue weighted by Gasteiger charge is 2.16. The lowest BCUT2D eigenvalue weighted by molar-refractivity contribution is 0.314. The molecule has 9 heavy (non-hydrogen) atoms. The third kappa shape index (κ3) is 1.98. The lowest BCUT2D eigenvalue weighted by atomic mass is 9.87. The topological polar surface area (TPSA) is 12.0 Å². The van der Waals surface area contributed by atoms with Gasteiger partial charge in [0.25, 0.3) is 0 Å². The van der Waals surface area contributed by atoms with Crippen molar-refractivity contribution in [3.05, 3.63) is 0 Å². The highest BCUT2D eigenvalue weighted by molar-refractivity contribution is 4.73. The summed E-state index contributed by atoms with van der Waals surface area (Å²) in [5.41, 5.74) is 0. The fourth-order valence-electron chi connectivity index (χ4n) is 1.70. The summed E-state index contributed by atoms with van der Waals surface area (Å²) < 4.78 is 0. The second kappa shape index (κ2) is 3.21. The SMILES string of the molecule is CNC1CCC[C@H](C)C1. The molecule has 1 aliphatic rings. The summed E-state index contributed by atoms with van der Waals surface area (Å²) in [6, 6.07) is 0.814. The predicted molar refractivity (Wildman–Crippen MR) is 40.5 cm³/mol. The van der Waals surface area contributed by atoms with Gasteiger partial charge in [0.15, 0.2) is 0 Å². The van der Waals surface area contributed by atoms with Gasteiger partial charge in [0.05, 0.1) is 0 Å². The molecule has 1 unspecified atom stereocenters. The van der Waals surface area contributed by atoms with Crippen molar-refractivity contribution in [3.63, 3.8) is 0 Å². The van der Waals surface area contributed by atoms with Gasteiger partial charge in [-0.3, -0.25) is 0 Å². The summed E-state index contributed by atoms with van der Waals surface area (Å²) in [6.07, 6.45) is 5.64. The zero-order chi connectivity index (χ0) is 6.69. The van der Waals surface area contributed by atoms with Crippen LogP contribution in [0.1, 0.15) is 32.6 Å². The molecule has 0 aromatic carbocycles. The van der Waals surface area contributed by atoms with Crippen LogP contribution in [0.5, 0.6) is 0 Å². The first-order valence-electron chi connectivity index (χ1n) is 4.00. The Morgan fingerprint density at radius 1 is 1.33 bits per heavy atom. The average molecular weight is 127 g/mol. The Balaban J connectivity index is 2.23. The van der Waals surface area contributed by atoms with E-state index in [2.05, 4.69) is 19.3 Å². The molecule has 0 bridgehead atoms. The molecule has 0 aliphatic heterocycles.